The van der Waals surface area contributed by atoms with Gasteiger partial charge in [0.2, 0.25) is 5.82 Å². The Morgan fingerprint density at radius 2 is 1.50 bits per heavy atom. The van der Waals surface area contributed by atoms with Gasteiger partial charge in [-0.3, -0.25) is 0 Å². The maximum Gasteiger partial charge on any atom is 0.200 e. The molecule has 1 saturated heterocycles. The Kier molecular flexibility index (Phi) is 8.09. The molecule has 0 spiro atoms. The maximum atomic E-state index is 14.8. The molecule has 2 aliphatic rings. The summed E-state index contributed by atoms with van der Waals surface area (Å²) in [6.07, 6.45) is 4.94. The summed E-state index contributed by atoms with van der Waals surface area (Å²) in [5, 5.41) is 0. The number of benzene rings is 2. The van der Waals surface area contributed by atoms with Crippen LogP contribution in [0.2, 0.25) is 0 Å². The smallest absolute Gasteiger partial charge is 0.200 e. The molecule has 3 nitrogen and oxygen atoms in total. The third-order valence-corrected chi connectivity index (χ3v) is 6.80. The van der Waals surface area contributed by atoms with Gasteiger partial charge < -0.3 is 14.2 Å². The van der Waals surface area contributed by atoms with E-state index in [1.54, 1.807) is 0 Å². The molecule has 0 amide bonds. The van der Waals surface area contributed by atoms with E-state index >= 15 is 0 Å². The van der Waals surface area contributed by atoms with E-state index in [2.05, 4.69) is 6.92 Å². The van der Waals surface area contributed by atoms with Gasteiger partial charge in [0, 0.05) is 11.8 Å². The third kappa shape index (κ3) is 5.54. The van der Waals surface area contributed by atoms with E-state index in [4.69, 9.17) is 14.2 Å². The third-order valence-electron chi connectivity index (χ3n) is 6.80. The quantitative estimate of drug-likeness (QED) is 0.312. The van der Waals surface area contributed by atoms with E-state index in [9.17, 15) is 22.0 Å². The van der Waals surface area contributed by atoms with Crippen LogP contribution in [-0.4, -0.2) is 19.5 Å². The van der Waals surface area contributed by atoms with Crippen LogP contribution >= 0.6 is 0 Å². The van der Waals surface area contributed by atoms with Crippen LogP contribution in [0.4, 0.5) is 22.0 Å². The first kappa shape index (κ1) is 24.9. The van der Waals surface area contributed by atoms with E-state index in [0.29, 0.717) is 32.0 Å². The van der Waals surface area contributed by atoms with Gasteiger partial charge in [-0.25, -0.2) is 17.6 Å². The van der Waals surface area contributed by atoms with Gasteiger partial charge in [0.15, 0.2) is 35.3 Å². The van der Waals surface area contributed by atoms with Gasteiger partial charge >= 0.3 is 0 Å². The second kappa shape index (κ2) is 11.0. The first-order valence-corrected chi connectivity index (χ1v) is 11.8. The van der Waals surface area contributed by atoms with Crippen LogP contribution in [0.1, 0.15) is 62.5 Å². The van der Waals surface area contributed by atoms with Gasteiger partial charge in [-0.15, -0.1) is 0 Å². The normalized spacial score (nSPS) is 25.4. The van der Waals surface area contributed by atoms with E-state index in [1.807, 2.05) is 0 Å². The fourth-order valence-corrected chi connectivity index (χ4v) is 4.93. The summed E-state index contributed by atoms with van der Waals surface area (Å²) in [4.78, 5) is 0. The number of rotatable bonds is 7. The van der Waals surface area contributed by atoms with Crippen LogP contribution in [0.5, 0.6) is 5.75 Å². The van der Waals surface area contributed by atoms with Crippen LogP contribution in [0.25, 0.3) is 0 Å². The Morgan fingerprint density at radius 1 is 0.853 bits per heavy atom. The molecular formula is C26H29F5O3. The van der Waals surface area contributed by atoms with Gasteiger partial charge in [-0.05, 0) is 67.3 Å². The van der Waals surface area contributed by atoms with Crippen molar-refractivity contribution in [3.8, 4) is 5.75 Å². The first-order chi connectivity index (χ1) is 16.4. The molecule has 186 valence electrons. The molecule has 0 radical (unpaired) electrons. The van der Waals surface area contributed by atoms with Crippen LogP contribution in [0, 0.1) is 40.9 Å². The summed E-state index contributed by atoms with van der Waals surface area (Å²) >= 11 is 0. The molecule has 0 unspecified atom stereocenters. The van der Waals surface area contributed by atoms with Crippen LogP contribution in [-0.2, 0) is 16.1 Å². The lowest BCUT2D eigenvalue weighted by molar-refractivity contribution is -0.229. The topological polar surface area (TPSA) is 27.7 Å². The van der Waals surface area contributed by atoms with Crippen molar-refractivity contribution < 1.29 is 36.2 Å². The number of halogens is 5. The summed E-state index contributed by atoms with van der Waals surface area (Å²) in [5.41, 5.74) is 0.252. The van der Waals surface area contributed by atoms with Crippen LogP contribution in [0.3, 0.4) is 0 Å². The zero-order chi connectivity index (χ0) is 24.2. The largest absolute Gasteiger partial charge is 0.486 e. The van der Waals surface area contributed by atoms with Crippen molar-refractivity contribution in [1.29, 1.82) is 0 Å². The fourth-order valence-electron chi connectivity index (χ4n) is 4.93. The van der Waals surface area contributed by atoms with E-state index in [-0.39, 0.29) is 35.0 Å². The predicted octanol–water partition coefficient (Wildman–Crippen LogP) is 7.02. The molecule has 0 bridgehead atoms. The highest BCUT2D eigenvalue weighted by Crippen LogP contribution is 2.41. The molecule has 1 saturated carbocycles. The fraction of sp³-hybridized carbons (Fsp3) is 0.538. The summed E-state index contributed by atoms with van der Waals surface area (Å²) in [6.45, 7) is 3.12. The van der Waals surface area contributed by atoms with Gasteiger partial charge in [0.25, 0.3) is 0 Å². The predicted molar refractivity (Wildman–Crippen MR) is 116 cm³/mol. The highest BCUT2D eigenvalue weighted by Gasteiger charge is 2.34. The van der Waals surface area contributed by atoms with Crippen molar-refractivity contribution in [2.24, 2.45) is 11.8 Å². The molecule has 1 aliphatic heterocycles. The van der Waals surface area contributed by atoms with Gasteiger partial charge in [-0.1, -0.05) is 19.4 Å². The van der Waals surface area contributed by atoms with Crippen molar-refractivity contribution in [2.45, 2.75) is 64.3 Å². The Labute approximate surface area is 196 Å². The summed E-state index contributed by atoms with van der Waals surface area (Å²) in [5.74, 6) is -6.29. The number of hydrogen-bond donors (Lipinski definition) is 0. The maximum absolute atomic E-state index is 14.8. The Hall–Kier alpha value is -2.19. The second-order valence-electron chi connectivity index (χ2n) is 9.24. The lowest BCUT2D eigenvalue weighted by Gasteiger charge is -2.37. The van der Waals surface area contributed by atoms with Crippen molar-refractivity contribution in [3.05, 3.63) is 64.5 Å². The van der Waals surface area contributed by atoms with Crippen LogP contribution in [0.15, 0.2) is 24.3 Å². The van der Waals surface area contributed by atoms with Gasteiger partial charge in [0.1, 0.15) is 6.61 Å². The highest BCUT2D eigenvalue weighted by molar-refractivity contribution is 5.33. The average Bonchev–Trinajstić information content (AvgIpc) is 2.84. The molecule has 34 heavy (non-hydrogen) atoms. The van der Waals surface area contributed by atoms with Gasteiger partial charge in [0.05, 0.1) is 13.2 Å². The monoisotopic (exact) mass is 484 g/mol. The average molecular weight is 485 g/mol. The molecule has 0 aromatic heterocycles. The minimum absolute atomic E-state index is 0.0354. The number of hydrogen-bond acceptors (Lipinski definition) is 3. The van der Waals surface area contributed by atoms with Crippen molar-refractivity contribution >= 4 is 0 Å². The molecule has 0 N–H and O–H groups in total. The van der Waals surface area contributed by atoms with E-state index in [0.717, 1.165) is 37.8 Å². The minimum Gasteiger partial charge on any atom is -0.486 e. The lowest BCUT2D eigenvalue weighted by atomic mass is 9.78. The van der Waals surface area contributed by atoms with E-state index in [1.165, 1.54) is 12.1 Å². The highest BCUT2D eigenvalue weighted by atomic mass is 19.2. The van der Waals surface area contributed by atoms with Crippen molar-refractivity contribution in [1.82, 2.24) is 0 Å². The molecule has 1 heterocycles. The van der Waals surface area contributed by atoms with Crippen LogP contribution < -0.4 is 4.74 Å². The zero-order valence-corrected chi connectivity index (χ0v) is 19.1. The second-order valence-corrected chi connectivity index (χ2v) is 9.24. The van der Waals surface area contributed by atoms with Crippen molar-refractivity contribution in [3.63, 3.8) is 0 Å². The summed E-state index contributed by atoms with van der Waals surface area (Å²) < 4.78 is 86.3. The lowest BCUT2D eigenvalue weighted by Crippen LogP contribution is -2.38. The molecule has 1 aliphatic carbocycles. The number of ether oxygens (including phenoxy) is 3. The zero-order valence-electron chi connectivity index (χ0n) is 19.1. The van der Waals surface area contributed by atoms with Gasteiger partial charge in [-0.2, -0.15) is 4.39 Å². The molecule has 4 rings (SSSR count). The first-order valence-electron chi connectivity index (χ1n) is 11.8. The molecule has 8 heteroatoms. The summed E-state index contributed by atoms with van der Waals surface area (Å²) in [7, 11) is 0. The minimum atomic E-state index is -1.60. The SMILES string of the molecule is CCCC1COC(C2CCC(c3ccc(OCc4cc(F)c(F)c(F)c4)c(F)c3F)CC2)OC1. The van der Waals surface area contributed by atoms with E-state index < -0.39 is 35.7 Å². The molecule has 2 fully saturated rings. The Bertz CT molecular complexity index is 960. The molecular weight excluding hydrogens is 455 g/mol. The Balaban J connectivity index is 1.34. The Morgan fingerprint density at radius 3 is 2.12 bits per heavy atom. The molecule has 0 atom stereocenters. The van der Waals surface area contributed by atoms with Crippen molar-refractivity contribution in [2.75, 3.05) is 13.2 Å². The molecule has 2 aromatic rings. The summed E-state index contributed by atoms with van der Waals surface area (Å²) in [6, 6.07) is 4.32. The molecule has 2 aromatic carbocycles. The standard InChI is InChI=1S/C26H29F5O3/c1-2-3-15-12-33-26(34-13-15)18-6-4-17(5-7-18)19-8-9-22(25(31)23(19)29)32-14-16-10-20(27)24(30)21(28)11-16/h8-11,15,17-18,26H,2-7,12-14H2,1H3.